The van der Waals surface area contributed by atoms with E-state index in [2.05, 4.69) is 4.85 Å². The van der Waals surface area contributed by atoms with Crippen LogP contribution in [-0.4, -0.2) is 30.2 Å². The molecule has 1 heterocycles. The number of ether oxygens (including phenoxy) is 2. The van der Waals surface area contributed by atoms with Crippen LogP contribution in [0.1, 0.15) is 42.9 Å². The van der Waals surface area contributed by atoms with Crippen molar-refractivity contribution in [2.45, 2.75) is 44.4 Å². The average Bonchev–Trinajstić information content (AvgIpc) is 3.61. The van der Waals surface area contributed by atoms with Crippen molar-refractivity contribution in [3.05, 3.63) is 77.1 Å². The highest BCUT2D eigenvalue weighted by Crippen LogP contribution is 2.36. The van der Waals surface area contributed by atoms with Crippen LogP contribution in [0.15, 0.2) is 54.6 Å². The first-order valence-corrected chi connectivity index (χ1v) is 10.3. The third-order valence-corrected chi connectivity index (χ3v) is 5.67. The molecule has 5 nitrogen and oxygen atoms in total. The maximum absolute atomic E-state index is 12.9. The zero-order chi connectivity index (χ0) is 20.1. The fraction of sp³-hybridized carbons (Fsp3) is 0.417. The largest absolute Gasteiger partial charge is 0.445 e. The van der Waals surface area contributed by atoms with Crippen LogP contribution in [0, 0.1) is 12.5 Å². The van der Waals surface area contributed by atoms with Crippen molar-refractivity contribution in [1.82, 2.24) is 4.90 Å². The standard InChI is InChI=1S/C24H26N2O3/c1-25-21-11-9-20(10-12-21)23-15-22(28-16-19-7-8-19)13-14-26(23)24(27)29-17-18-5-3-2-4-6-18/h2-6,9-12,19,22-23H,7-8,13-17H2/t22-,23-/m0/s1. The number of hydrogen-bond donors (Lipinski definition) is 0. The third kappa shape index (κ3) is 5.16. The summed E-state index contributed by atoms with van der Waals surface area (Å²) >= 11 is 0. The van der Waals surface area contributed by atoms with E-state index < -0.39 is 0 Å². The summed E-state index contributed by atoms with van der Waals surface area (Å²) < 4.78 is 11.7. The van der Waals surface area contributed by atoms with Crippen molar-refractivity contribution in [3.63, 3.8) is 0 Å². The lowest BCUT2D eigenvalue weighted by Crippen LogP contribution is -2.43. The topological polar surface area (TPSA) is 43.1 Å². The Labute approximate surface area is 172 Å². The molecule has 1 saturated carbocycles. The third-order valence-electron chi connectivity index (χ3n) is 5.67. The number of hydrogen-bond acceptors (Lipinski definition) is 3. The molecule has 2 fully saturated rings. The van der Waals surface area contributed by atoms with E-state index in [1.54, 1.807) is 0 Å². The predicted octanol–water partition coefficient (Wildman–Crippen LogP) is 5.51. The van der Waals surface area contributed by atoms with Gasteiger partial charge in [-0.1, -0.05) is 54.6 Å². The van der Waals surface area contributed by atoms with Gasteiger partial charge < -0.3 is 14.4 Å². The summed E-state index contributed by atoms with van der Waals surface area (Å²) in [5.74, 6) is 0.722. The van der Waals surface area contributed by atoms with E-state index in [0.29, 0.717) is 12.2 Å². The molecule has 2 aromatic carbocycles. The van der Waals surface area contributed by atoms with E-state index in [4.69, 9.17) is 16.0 Å². The zero-order valence-electron chi connectivity index (χ0n) is 16.5. The molecule has 2 atom stereocenters. The number of piperidine rings is 1. The van der Waals surface area contributed by atoms with Crippen molar-refractivity contribution < 1.29 is 14.3 Å². The van der Waals surface area contributed by atoms with Crippen LogP contribution >= 0.6 is 0 Å². The van der Waals surface area contributed by atoms with Crippen LogP contribution in [-0.2, 0) is 16.1 Å². The Morgan fingerprint density at radius 2 is 1.83 bits per heavy atom. The molecule has 0 N–H and O–H groups in total. The molecule has 2 aromatic rings. The predicted molar refractivity (Wildman–Crippen MR) is 110 cm³/mol. The lowest BCUT2D eigenvalue weighted by molar-refractivity contribution is -0.0208. The van der Waals surface area contributed by atoms with Gasteiger partial charge in [0.05, 0.1) is 18.7 Å². The summed E-state index contributed by atoms with van der Waals surface area (Å²) in [5.41, 5.74) is 2.60. The first-order chi connectivity index (χ1) is 14.2. The van der Waals surface area contributed by atoms with Gasteiger partial charge in [-0.3, -0.25) is 0 Å². The van der Waals surface area contributed by atoms with Gasteiger partial charge in [0, 0.05) is 13.2 Å². The first kappa shape index (κ1) is 19.5. The Kier molecular flexibility index (Phi) is 6.12. The first-order valence-electron chi connectivity index (χ1n) is 10.3. The number of amides is 1. The Bertz CT molecular complexity index is 856. The number of rotatable bonds is 6. The van der Waals surface area contributed by atoms with Crippen molar-refractivity contribution in [2.75, 3.05) is 13.2 Å². The highest BCUT2D eigenvalue weighted by molar-refractivity contribution is 5.68. The number of likely N-dealkylation sites (tertiary alicyclic amines) is 1. The van der Waals surface area contributed by atoms with Gasteiger partial charge in [0.15, 0.2) is 5.69 Å². The van der Waals surface area contributed by atoms with Gasteiger partial charge in [-0.05, 0) is 42.7 Å². The summed E-state index contributed by atoms with van der Waals surface area (Å²) in [6.07, 6.45) is 3.97. The van der Waals surface area contributed by atoms with Crippen LogP contribution in [0.4, 0.5) is 10.5 Å². The maximum Gasteiger partial charge on any atom is 0.410 e. The Morgan fingerprint density at radius 1 is 1.07 bits per heavy atom. The van der Waals surface area contributed by atoms with E-state index >= 15 is 0 Å². The van der Waals surface area contributed by atoms with Crippen LogP contribution in [0.2, 0.25) is 0 Å². The molecule has 1 saturated heterocycles. The molecule has 4 rings (SSSR count). The molecule has 0 radical (unpaired) electrons. The summed E-state index contributed by atoms with van der Waals surface area (Å²) in [5, 5.41) is 0. The van der Waals surface area contributed by atoms with Gasteiger partial charge in [-0.2, -0.15) is 0 Å². The summed E-state index contributed by atoms with van der Waals surface area (Å²) in [6.45, 7) is 8.86. The van der Waals surface area contributed by atoms with Gasteiger partial charge in [0.1, 0.15) is 6.61 Å². The zero-order valence-corrected chi connectivity index (χ0v) is 16.5. The molecule has 1 aliphatic carbocycles. The van der Waals surface area contributed by atoms with Crippen molar-refractivity contribution in [3.8, 4) is 0 Å². The molecular formula is C24H26N2O3. The molecule has 2 aliphatic rings. The molecule has 1 aliphatic heterocycles. The highest BCUT2D eigenvalue weighted by Gasteiger charge is 2.35. The van der Waals surface area contributed by atoms with Crippen LogP contribution < -0.4 is 0 Å². The molecule has 0 spiro atoms. The Morgan fingerprint density at radius 3 is 2.52 bits per heavy atom. The van der Waals surface area contributed by atoms with E-state index in [1.165, 1.54) is 12.8 Å². The Hall–Kier alpha value is -2.84. The number of carbonyl (C=O) groups is 1. The van der Waals surface area contributed by atoms with Crippen LogP contribution in [0.3, 0.4) is 0 Å². The van der Waals surface area contributed by atoms with Crippen LogP contribution in [0.25, 0.3) is 4.85 Å². The molecule has 5 heteroatoms. The molecule has 150 valence electrons. The molecule has 0 unspecified atom stereocenters. The highest BCUT2D eigenvalue weighted by atomic mass is 16.6. The summed E-state index contributed by atoms with van der Waals surface area (Å²) in [7, 11) is 0. The second-order valence-corrected chi connectivity index (χ2v) is 7.88. The second-order valence-electron chi connectivity index (χ2n) is 7.88. The van der Waals surface area contributed by atoms with Crippen molar-refractivity contribution in [1.29, 1.82) is 0 Å². The minimum atomic E-state index is -0.297. The fourth-order valence-corrected chi connectivity index (χ4v) is 3.75. The maximum atomic E-state index is 12.9. The van der Waals surface area contributed by atoms with E-state index in [-0.39, 0.29) is 24.8 Å². The van der Waals surface area contributed by atoms with Gasteiger partial charge in [0.2, 0.25) is 0 Å². The monoisotopic (exact) mass is 390 g/mol. The lowest BCUT2D eigenvalue weighted by atomic mass is 9.93. The van der Waals surface area contributed by atoms with Gasteiger partial charge in [0.25, 0.3) is 0 Å². The van der Waals surface area contributed by atoms with E-state index in [9.17, 15) is 4.79 Å². The molecule has 1 amide bonds. The molecular weight excluding hydrogens is 364 g/mol. The summed E-state index contributed by atoms with van der Waals surface area (Å²) in [6, 6.07) is 17.1. The van der Waals surface area contributed by atoms with Crippen molar-refractivity contribution in [2.24, 2.45) is 5.92 Å². The number of nitrogens with zero attached hydrogens (tertiary/aromatic N) is 2. The average molecular weight is 390 g/mol. The SMILES string of the molecule is [C-]#[N+]c1ccc([C@@H]2C[C@@H](OCC3CC3)CCN2C(=O)OCc2ccccc2)cc1. The lowest BCUT2D eigenvalue weighted by Gasteiger charge is -2.39. The van der Waals surface area contributed by atoms with Crippen molar-refractivity contribution >= 4 is 11.8 Å². The van der Waals surface area contributed by atoms with E-state index in [1.807, 2.05) is 59.5 Å². The van der Waals surface area contributed by atoms with Crippen LogP contribution in [0.5, 0.6) is 0 Å². The fourth-order valence-electron chi connectivity index (χ4n) is 3.75. The summed E-state index contributed by atoms with van der Waals surface area (Å²) in [4.78, 5) is 18.2. The number of carbonyl (C=O) groups excluding carboxylic acids is 1. The van der Waals surface area contributed by atoms with Gasteiger partial charge in [-0.15, -0.1) is 0 Å². The second kappa shape index (κ2) is 9.11. The molecule has 0 bridgehead atoms. The quantitative estimate of drug-likeness (QED) is 0.611. The molecule has 29 heavy (non-hydrogen) atoms. The van der Waals surface area contributed by atoms with E-state index in [0.717, 1.165) is 36.5 Å². The normalized spacial score (nSPS) is 21.4. The van der Waals surface area contributed by atoms with Gasteiger partial charge >= 0.3 is 6.09 Å². The number of benzene rings is 2. The van der Waals surface area contributed by atoms with Gasteiger partial charge in [-0.25, -0.2) is 9.64 Å². The Balaban J connectivity index is 1.45. The smallest absolute Gasteiger partial charge is 0.410 e. The minimum Gasteiger partial charge on any atom is -0.445 e. The molecule has 0 aromatic heterocycles. The minimum absolute atomic E-state index is 0.101.